The molecule has 21 heavy (non-hydrogen) atoms. The van der Waals surface area contributed by atoms with E-state index in [1.807, 2.05) is 20.8 Å². The van der Waals surface area contributed by atoms with Gasteiger partial charge >= 0.3 is 0 Å². The van der Waals surface area contributed by atoms with Crippen LogP contribution in [0.1, 0.15) is 27.2 Å². The molecule has 2 bridgehead atoms. The number of methoxy groups -OCH3 is 2. The van der Waals surface area contributed by atoms with Gasteiger partial charge in [-0.25, -0.2) is 0 Å². The Balaban J connectivity index is 2.12. The summed E-state index contributed by atoms with van der Waals surface area (Å²) < 4.78 is 23.4. The molecule has 2 saturated heterocycles. The van der Waals surface area contributed by atoms with Crippen LogP contribution >= 0.6 is 23.2 Å². The Morgan fingerprint density at radius 1 is 1.10 bits per heavy atom. The second-order valence-electron chi connectivity index (χ2n) is 7.37. The van der Waals surface area contributed by atoms with E-state index in [1.54, 1.807) is 0 Å². The molecule has 1 spiro atoms. The van der Waals surface area contributed by atoms with Gasteiger partial charge in [0.05, 0.1) is 12.2 Å². The summed E-state index contributed by atoms with van der Waals surface area (Å²) in [5.74, 6) is -2.83. The SMILES string of the molecule is COC1(OC)C2(Cl)CC3(C)C(C)(C)OC4(OCC24O)C31Cl. The van der Waals surface area contributed by atoms with Crippen LogP contribution in [-0.2, 0) is 18.9 Å². The molecular formula is C14H20Cl2O5. The van der Waals surface area contributed by atoms with E-state index >= 15 is 0 Å². The summed E-state index contributed by atoms with van der Waals surface area (Å²) in [5, 5.41) is 11.3. The van der Waals surface area contributed by atoms with Crippen LogP contribution in [0.4, 0.5) is 0 Å². The van der Waals surface area contributed by atoms with Crippen molar-refractivity contribution in [3.63, 3.8) is 0 Å². The molecule has 5 unspecified atom stereocenters. The minimum absolute atomic E-state index is 0.0472. The van der Waals surface area contributed by atoms with Crippen LogP contribution in [0.25, 0.3) is 0 Å². The van der Waals surface area contributed by atoms with Gasteiger partial charge in [0, 0.05) is 19.6 Å². The van der Waals surface area contributed by atoms with Crippen molar-refractivity contribution >= 4 is 23.2 Å². The second-order valence-corrected chi connectivity index (χ2v) is 8.58. The number of ether oxygens (including phenoxy) is 4. The van der Waals surface area contributed by atoms with Gasteiger partial charge in [0.25, 0.3) is 0 Å². The third-order valence-corrected chi connectivity index (χ3v) is 8.38. The lowest BCUT2D eigenvalue weighted by Gasteiger charge is -2.58. The van der Waals surface area contributed by atoms with Crippen molar-refractivity contribution in [3.05, 3.63) is 0 Å². The van der Waals surface area contributed by atoms with Gasteiger partial charge in [-0.2, -0.15) is 0 Å². The van der Waals surface area contributed by atoms with E-state index < -0.39 is 37.9 Å². The highest BCUT2D eigenvalue weighted by atomic mass is 35.5. The van der Waals surface area contributed by atoms with Crippen molar-refractivity contribution < 1.29 is 24.1 Å². The van der Waals surface area contributed by atoms with Crippen LogP contribution in [-0.4, -0.2) is 58.5 Å². The predicted octanol–water partition coefficient (Wildman–Crippen LogP) is 1.62. The first-order valence-electron chi connectivity index (χ1n) is 7.04. The molecule has 1 N–H and O–H groups in total. The van der Waals surface area contributed by atoms with E-state index in [0.29, 0.717) is 6.42 Å². The summed E-state index contributed by atoms with van der Waals surface area (Å²) in [6.07, 6.45) is 0.404. The highest BCUT2D eigenvalue weighted by Crippen LogP contribution is 2.87. The Labute approximate surface area is 133 Å². The van der Waals surface area contributed by atoms with Crippen LogP contribution in [0.5, 0.6) is 0 Å². The van der Waals surface area contributed by atoms with Gasteiger partial charge < -0.3 is 24.1 Å². The van der Waals surface area contributed by atoms with Gasteiger partial charge in [0.2, 0.25) is 11.6 Å². The molecular weight excluding hydrogens is 319 g/mol. The average Bonchev–Trinajstić information content (AvgIpc) is 2.68. The van der Waals surface area contributed by atoms with E-state index in [9.17, 15) is 5.11 Å². The minimum atomic E-state index is -1.46. The lowest BCUT2D eigenvalue weighted by Crippen LogP contribution is -2.78. The van der Waals surface area contributed by atoms with E-state index in [-0.39, 0.29) is 6.61 Å². The summed E-state index contributed by atoms with van der Waals surface area (Å²) in [5.41, 5.74) is -2.71. The molecule has 0 aromatic carbocycles. The fourth-order valence-electron chi connectivity index (χ4n) is 5.43. The number of rotatable bonds is 2. The van der Waals surface area contributed by atoms with Crippen molar-refractivity contribution in [1.82, 2.24) is 0 Å². The molecule has 7 heteroatoms. The van der Waals surface area contributed by atoms with Gasteiger partial charge in [-0.05, 0) is 20.3 Å². The van der Waals surface area contributed by atoms with Crippen molar-refractivity contribution in [1.29, 1.82) is 0 Å². The van der Waals surface area contributed by atoms with E-state index in [2.05, 4.69) is 0 Å². The summed E-state index contributed by atoms with van der Waals surface area (Å²) >= 11 is 14.1. The molecule has 0 aromatic rings. The van der Waals surface area contributed by atoms with Crippen LogP contribution in [0, 0.1) is 5.41 Å². The molecule has 0 radical (unpaired) electrons. The maximum atomic E-state index is 11.3. The molecule has 0 amide bonds. The van der Waals surface area contributed by atoms with Gasteiger partial charge in [-0.3, -0.25) is 0 Å². The van der Waals surface area contributed by atoms with Crippen LogP contribution in [0.2, 0.25) is 0 Å². The third kappa shape index (κ3) is 0.881. The highest BCUT2D eigenvalue weighted by molar-refractivity contribution is 6.34. The molecule has 4 aliphatic rings. The number of alkyl halides is 2. The van der Waals surface area contributed by atoms with Crippen molar-refractivity contribution in [2.45, 2.75) is 59.7 Å². The molecule has 120 valence electrons. The Morgan fingerprint density at radius 2 is 1.67 bits per heavy atom. The van der Waals surface area contributed by atoms with Crippen molar-refractivity contribution in [2.24, 2.45) is 5.41 Å². The lowest BCUT2D eigenvalue weighted by atomic mass is 9.60. The first-order valence-corrected chi connectivity index (χ1v) is 7.79. The smallest absolute Gasteiger partial charge is 0.228 e. The fraction of sp³-hybridized carbons (Fsp3) is 1.00. The first-order chi connectivity index (χ1) is 9.49. The zero-order valence-corrected chi connectivity index (χ0v) is 14.3. The average molecular weight is 339 g/mol. The molecule has 4 fully saturated rings. The van der Waals surface area contributed by atoms with Gasteiger partial charge in [-0.15, -0.1) is 23.2 Å². The fourth-order valence-corrected chi connectivity index (χ4v) is 7.08. The normalized spacial score (nSPS) is 61.7. The first kappa shape index (κ1) is 14.9. The maximum Gasteiger partial charge on any atom is 0.228 e. The molecule has 4 rings (SSSR count). The molecule has 2 saturated carbocycles. The largest absolute Gasteiger partial charge is 0.380 e. The van der Waals surface area contributed by atoms with Crippen LogP contribution < -0.4 is 0 Å². The molecule has 5 nitrogen and oxygen atoms in total. The zero-order valence-electron chi connectivity index (χ0n) is 12.8. The Morgan fingerprint density at radius 3 is 2.10 bits per heavy atom. The summed E-state index contributed by atoms with van der Waals surface area (Å²) in [4.78, 5) is -2.50. The van der Waals surface area contributed by atoms with E-state index in [0.717, 1.165) is 0 Å². The standard InChI is InChI=1S/C14H20Cl2O5/c1-8(2)9(3)6-10(15)11(17)7-20-14(11,21-8)12(9,16)13(10,18-4)19-5/h17H,6-7H2,1-5H3. The monoisotopic (exact) mass is 338 g/mol. The Hall–Kier alpha value is 0.380. The third-order valence-electron chi connectivity index (χ3n) is 6.77. The van der Waals surface area contributed by atoms with Crippen LogP contribution in [0.15, 0.2) is 0 Å². The molecule has 2 aliphatic carbocycles. The number of hydrogen-bond donors (Lipinski definition) is 1. The number of fused-ring (bicyclic) bond motifs is 2. The topological polar surface area (TPSA) is 57.2 Å². The second kappa shape index (κ2) is 3.27. The Kier molecular flexibility index (Phi) is 2.33. The zero-order chi connectivity index (χ0) is 15.7. The molecule has 2 aliphatic heterocycles. The van der Waals surface area contributed by atoms with Crippen LogP contribution in [0.3, 0.4) is 0 Å². The van der Waals surface area contributed by atoms with Crippen molar-refractivity contribution in [3.8, 4) is 0 Å². The quantitative estimate of drug-likeness (QED) is 0.612. The Bertz CT molecular complexity index is 547. The van der Waals surface area contributed by atoms with Crippen molar-refractivity contribution in [2.75, 3.05) is 20.8 Å². The van der Waals surface area contributed by atoms with E-state index in [4.69, 9.17) is 42.1 Å². The summed E-state index contributed by atoms with van der Waals surface area (Å²) in [6.45, 7) is 5.91. The van der Waals surface area contributed by atoms with Gasteiger partial charge in [0.15, 0.2) is 10.5 Å². The molecule has 5 atom stereocenters. The van der Waals surface area contributed by atoms with E-state index in [1.165, 1.54) is 14.2 Å². The molecule has 2 heterocycles. The highest BCUT2D eigenvalue weighted by Gasteiger charge is 3.06. The number of aliphatic hydroxyl groups is 1. The maximum absolute atomic E-state index is 11.3. The minimum Gasteiger partial charge on any atom is -0.380 e. The van der Waals surface area contributed by atoms with Gasteiger partial charge in [0.1, 0.15) is 4.87 Å². The summed E-state index contributed by atoms with van der Waals surface area (Å²) in [7, 11) is 2.98. The summed E-state index contributed by atoms with van der Waals surface area (Å²) in [6, 6.07) is 0. The predicted molar refractivity (Wildman–Crippen MR) is 75.4 cm³/mol. The number of halogens is 2. The number of hydrogen-bond acceptors (Lipinski definition) is 5. The molecule has 0 aromatic heterocycles. The van der Waals surface area contributed by atoms with Gasteiger partial charge in [-0.1, -0.05) is 6.92 Å². The lowest BCUT2D eigenvalue weighted by molar-refractivity contribution is -0.410.